The van der Waals surface area contributed by atoms with Gasteiger partial charge in [0.2, 0.25) is 0 Å². The van der Waals surface area contributed by atoms with Gasteiger partial charge in [-0.3, -0.25) is 4.98 Å². The van der Waals surface area contributed by atoms with E-state index in [1.54, 1.807) is 0 Å². The average molecular weight is 262 g/mol. The van der Waals surface area contributed by atoms with Crippen molar-refractivity contribution in [1.29, 1.82) is 0 Å². The lowest BCUT2D eigenvalue weighted by molar-refractivity contribution is 0.495. The minimum absolute atomic E-state index is 0.490. The third kappa shape index (κ3) is 5.73. The van der Waals surface area contributed by atoms with E-state index in [4.69, 9.17) is 0 Å². The molecule has 0 fully saturated rings. The summed E-state index contributed by atoms with van der Waals surface area (Å²) in [6.45, 7) is 4.48. The molecule has 19 heavy (non-hydrogen) atoms. The van der Waals surface area contributed by atoms with Crippen molar-refractivity contribution in [3.05, 3.63) is 29.6 Å². The molecule has 0 amide bonds. The van der Waals surface area contributed by atoms with Crippen LogP contribution in [0.4, 0.5) is 0 Å². The van der Waals surface area contributed by atoms with Gasteiger partial charge in [0.05, 0.1) is 0 Å². The standard InChI is InChI=1S/C17H30N2/c1-4-6-7-8-9-10-11-17(18-3)16-12-13-19-14-15(16)5-2/h12-14,17-18H,4-11H2,1-3H3. The summed E-state index contributed by atoms with van der Waals surface area (Å²) in [4.78, 5) is 4.24. The maximum absolute atomic E-state index is 4.24. The van der Waals surface area contributed by atoms with Gasteiger partial charge in [0.15, 0.2) is 0 Å². The van der Waals surface area contributed by atoms with Gasteiger partial charge < -0.3 is 5.32 Å². The van der Waals surface area contributed by atoms with Crippen LogP contribution in [0.1, 0.15) is 76.0 Å². The maximum Gasteiger partial charge on any atom is 0.0321 e. The quantitative estimate of drug-likeness (QED) is 0.621. The zero-order chi connectivity index (χ0) is 13.9. The summed E-state index contributed by atoms with van der Waals surface area (Å²) in [5, 5.41) is 3.47. The smallest absolute Gasteiger partial charge is 0.0321 e. The van der Waals surface area contributed by atoms with Crippen LogP contribution >= 0.6 is 0 Å². The minimum atomic E-state index is 0.490. The third-order valence-corrected chi connectivity index (χ3v) is 3.89. The second-order valence-corrected chi connectivity index (χ2v) is 5.33. The maximum atomic E-state index is 4.24. The van der Waals surface area contributed by atoms with Gasteiger partial charge >= 0.3 is 0 Å². The van der Waals surface area contributed by atoms with Crippen LogP contribution in [0, 0.1) is 0 Å². The second-order valence-electron chi connectivity index (χ2n) is 5.33. The van der Waals surface area contributed by atoms with Crippen molar-refractivity contribution in [2.45, 2.75) is 71.3 Å². The molecule has 0 aliphatic rings. The summed E-state index contributed by atoms with van der Waals surface area (Å²) >= 11 is 0. The van der Waals surface area contributed by atoms with Crippen molar-refractivity contribution in [2.75, 3.05) is 7.05 Å². The van der Waals surface area contributed by atoms with E-state index < -0.39 is 0 Å². The highest BCUT2D eigenvalue weighted by atomic mass is 14.9. The number of nitrogens with zero attached hydrogens (tertiary/aromatic N) is 1. The first-order valence-corrected chi connectivity index (χ1v) is 7.93. The highest BCUT2D eigenvalue weighted by Gasteiger charge is 2.12. The SMILES string of the molecule is CCCCCCCCC(NC)c1ccncc1CC. The highest BCUT2D eigenvalue weighted by molar-refractivity contribution is 5.26. The number of rotatable bonds is 10. The Hall–Kier alpha value is -0.890. The normalized spacial score (nSPS) is 12.6. The Bertz CT molecular complexity index is 336. The van der Waals surface area contributed by atoms with Gasteiger partial charge in [0.25, 0.3) is 0 Å². The summed E-state index contributed by atoms with van der Waals surface area (Å²) in [7, 11) is 2.07. The molecule has 1 heterocycles. The number of pyridine rings is 1. The molecular weight excluding hydrogens is 232 g/mol. The van der Waals surface area contributed by atoms with Gasteiger partial charge in [0.1, 0.15) is 0 Å². The molecule has 0 bridgehead atoms. The van der Waals surface area contributed by atoms with Crippen molar-refractivity contribution in [2.24, 2.45) is 0 Å². The van der Waals surface area contributed by atoms with E-state index in [1.807, 2.05) is 12.4 Å². The van der Waals surface area contributed by atoms with Gasteiger partial charge in [-0.2, -0.15) is 0 Å². The summed E-state index contributed by atoms with van der Waals surface area (Å²) in [5.74, 6) is 0. The third-order valence-electron chi connectivity index (χ3n) is 3.89. The Morgan fingerprint density at radius 3 is 2.53 bits per heavy atom. The summed E-state index contributed by atoms with van der Waals surface area (Å²) < 4.78 is 0. The van der Waals surface area contributed by atoms with E-state index in [-0.39, 0.29) is 0 Å². The number of nitrogens with one attached hydrogen (secondary N) is 1. The fraction of sp³-hybridized carbons (Fsp3) is 0.706. The van der Waals surface area contributed by atoms with Crippen LogP contribution in [-0.4, -0.2) is 12.0 Å². The predicted octanol–water partition coefficient (Wildman–Crippen LogP) is 4.66. The molecule has 1 unspecified atom stereocenters. The van der Waals surface area contributed by atoms with Gasteiger partial charge in [-0.05, 0) is 37.1 Å². The van der Waals surface area contributed by atoms with Crippen molar-refractivity contribution in [1.82, 2.24) is 10.3 Å². The highest BCUT2D eigenvalue weighted by Crippen LogP contribution is 2.23. The van der Waals surface area contributed by atoms with Crippen molar-refractivity contribution < 1.29 is 0 Å². The van der Waals surface area contributed by atoms with Crippen LogP contribution in [0.25, 0.3) is 0 Å². The van der Waals surface area contributed by atoms with Gasteiger partial charge in [-0.1, -0.05) is 52.4 Å². The number of unbranched alkanes of at least 4 members (excludes halogenated alkanes) is 5. The minimum Gasteiger partial charge on any atom is -0.313 e. The molecule has 0 aliphatic carbocycles. The zero-order valence-corrected chi connectivity index (χ0v) is 12.9. The average Bonchev–Trinajstić information content (AvgIpc) is 2.47. The Morgan fingerprint density at radius 2 is 1.84 bits per heavy atom. The molecule has 0 spiro atoms. The molecule has 2 heteroatoms. The van der Waals surface area contributed by atoms with Crippen molar-refractivity contribution in [3.8, 4) is 0 Å². The van der Waals surface area contributed by atoms with Gasteiger partial charge in [0, 0.05) is 18.4 Å². The largest absolute Gasteiger partial charge is 0.313 e. The van der Waals surface area contributed by atoms with Crippen LogP contribution in [0.5, 0.6) is 0 Å². The van der Waals surface area contributed by atoms with E-state index >= 15 is 0 Å². The molecule has 1 aromatic rings. The van der Waals surface area contributed by atoms with Crippen molar-refractivity contribution >= 4 is 0 Å². The second kappa shape index (κ2) is 9.96. The number of hydrogen-bond donors (Lipinski definition) is 1. The first-order chi connectivity index (χ1) is 9.33. The Labute approximate surface area is 119 Å². The van der Waals surface area contributed by atoms with Crippen molar-refractivity contribution in [3.63, 3.8) is 0 Å². The summed E-state index contributed by atoms with van der Waals surface area (Å²) in [6.07, 6.45) is 14.4. The van der Waals surface area contributed by atoms with Crippen LogP contribution < -0.4 is 5.32 Å². The fourth-order valence-electron chi connectivity index (χ4n) is 2.66. The zero-order valence-electron chi connectivity index (χ0n) is 12.9. The topological polar surface area (TPSA) is 24.9 Å². The fourth-order valence-corrected chi connectivity index (χ4v) is 2.66. The van der Waals surface area contributed by atoms with Crippen LogP contribution in [0.2, 0.25) is 0 Å². The van der Waals surface area contributed by atoms with E-state index in [2.05, 4.69) is 37.3 Å². The molecule has 1 N–H and O–H groups in total. The van der Waals surface area contributed by atoms with E-state index in [1.165, 1.54) is 56.1 Å². The summed E-state index contributed by atoms with van der Waals surface area (Å²) in [6, 6.07) is 2.67. The Morgan fingerprint density at radius 1 is 1.11 bits per heavy atom. The molecule has 0 radical (unpaired) electrons. The molecule has 0 saturated carbocycles. The molecule has 1 aromatic heterocycles. The lowest BCUT2D eigenvalue weighted by atomic mass is 9.96. The predicted molar refractivity (Wildman–Crippen MR) is 83.4 cm³/mol. The van der Waals surface area contributed by atoms with E-state index in [0.29, 0.717) is 6.04 Å². The monoisotopic (exact) mass is 262 g/mol. The Balaban J connectivity index is 2.40. The van der Waals surface area contributed by atoms with Crippen LogP contribution in [-0.2, 0) is 6.42 Å². The molecular formula is C17H30N2. The lowest BCUT2D eigenvalue weighted by Crippen LogP contribution is -2.18. The Kier molecular flexibility index (Phi) is 8.48. The molecule has 108 valence electrons. The summed E-state index contributed by atoms with van der Waals surface area (Å²) in [5.41, 5.74) is 2.82. The van der Waals surface area contributed by atoms with E-state index in [0.717, 1.165) is 6.42 Å². The molecule has 0 saturated heterocycles. The molecule has 0 aromatic carbocycles. The molecule has 0 aliphatic heterocycles. The number of hydrogen-bond acceptors (Lipinski definition) is 2. The van der Waals surface area contributed by atoms with Gasteiger partial charge in [-0.25, -0.2) is 0 Å². The van der Waals surface area contributed by atoms with Crippen LogP contribution in [0.15, 0.2) is 18.5 Å². The first kappa shape index (κ1) is 16.2. The van der Waals surface area contributed by atoms with Gasteiger partial charge in [-0.15, -0.1) is 0 Å². The first-order valence-electron chi connectivity index (χ1n) is 7.93. The lowest BCUT2D eigenvalue weighted by Gasteiger charge is -2.19. The molecule has 1 rings (SSSR count). The van der Waals surface area contributed by atoms with E-state index in [9.17, 15) is 0 Å². The number of aryl methyl sites for hydroxylation is 1. The molecule has 2 nitrogen and oxygen atoms in total. The van der Waals surface area contributed by atoms with Crippen LogP contribution in [0.3, 0.4) is 0 Å². The number of aromatic nitrogens is 1. The molecule has 1 atom stereocenters.